The number of carbonyl (C=O) groups excluding carboxylic acids is 2. The second-order valence-corrected chi connectivity index (χ2v) is 7.20. The Hall–Kier alpha value is -2.04. The zero-order valence-electron chi connectivity index (χ0n) is 16.4. The number of hydrogen-bond acceptors (Lipinski definition) is 4. The normalized spacial score (nSPS) is 12.4. The maximum atomic E-state index is 12.7. The molecule has 140 valence electrons. The van der Waals surface area contributed by atoms with Gasteiger partial charge in [-0.2, -0.15) is 0 Å². The molecule has 5 nitrogen and oxygen atoms in total. The Morgan fingerprint density at radius 3 is 1.88 bits per heavy atom. The van der Waals surface area contributed by atoms with E-state index in [0.717, 1.165) is 0 Å². The monoisotopic (exact) mass is 349 g/mol. The molecular weight excluding hydrogens is 318 g/mol. The minimum absolute atomic E-state index is 0.00998. The standard InChI is InChI=1S/C20H31NO4/c1-13(2)12-18(22)19(16-8-10-17(24-7)11-9-16)25-20(23)21(14(3)4)15(5)6/h8-11,13-15,19H,12H2,1-7H3. The summed E-state index contributed by atoms with van der Waals surface area (Å²) in [6.07, 6.45) is -1.02. The van der Waals surface area contributed by atoms with Gasteiger partial charge in [-0.1, -0.05) is 26.0 Å². The van der Waals surface area contributed by atoms with Crippen molar-refractivity contribution in [2.75, 3.05) is 7.11 Å². The summed E-state index contributed by atoms with van der Waals surface area (Å²) < 4.78 is 10.8. The summed E-state index contributed by atoms with van der Waals surface area (Å²) in [4.78, 5) is 27.0. The van der Waals surface area contributed by atoms with Gasteiger partial charge in [-0.05, 0) is 45.7 Å². The first-order chi connectivity index (χ1) is 11.7. The van der Waals surface area contributed by atoms with Crippen LogP contribution in [-0.2, 0) is 9.53 Å². The summed E-state index contributed by atoms with van der Waals surface area (Å²) in [7, 11) is 1.58. The van der Waals surface area contributed by atoms with E-state index in [1.54, 1.807) is 36.3 Å². The van der Waals surface area contributed by atoms with Crippen molar-refractivity contribution in [1.29, 1.82) is 0 Å². The molecule has 1 rings (SSSR count). The molecule has 0 N–H and O–H groups in total. The highest BCUT2D eigenvalue weighted by Gasteiger charge is 2.30. The summed E-state index contributed by atoms with van der Waals surface area (Å²) in [5.74, 6) is 0.787. The van der Waals surface area contributed by atoms with E-state index in [-0.39, 0.29) is 23.8 Å². The quantitative estimate of drug-likeness (QED) is 0.688. The number of ketones is 1. The van der Waals surface area contributed by atoms with E-state index in [9.17, 15) is 9.59 Å². The molecule has 0 fully saturated rings. The van der Waals surface area contributed by atoms with E-state index < -0.39 is 12.2 Å². The zero-order chi connectivity index (χ0) is 19.1. The lowest BCUT2D eigenvalue weighted by molar-refractivity contribution is -0.129. The first kappa shape index (κ1) is 21.0. The summed E-state index contributed by atoms with van der Waals surface area (Å²) in [5, 5.41) is 0. The van der Waals surface area contributed by atoms with E-state index in [1.165, 1.54) is 0 Å². The highest BCUT2D eigenvalue weighted by molar-refractivity contribution is 5.86. The number of ether oxygens (including phenoxy) is 2. The van der Waals surface area contributed by atoms with Crippen molar-refractivity contribution >= 4 is 11.9 Å². The van der Waals surface area contributed by atoms with Crippen molar-refractivity contribution in [3.63, 3.8) is 0 Å². The average molecular weight is 349 g/mol. The smallest absolute Gasteiger partial charge is 0.411 e. The topological polar surface area (TPSA) is 55.8 Å². The average Bonchev–Trinajstić information content (AvgIpc) is 2.51. The van der Waals surface area contributed by atoms with Crippen molar-refractivity contribution in [1.82, 2.24) is 4.90 Å². The van der Waals surface area contributed by atoms with Gasteiger partial charge < -0.3 is 14.4 Å². The first-order valence-corrected chi connectivity index (χ1v) is 8.83. The van der Waals surface area contributed by atoms with E-state index in [0.29, 0.717) is 17.7 Å². The van der Waals surface area contributed by atoms with Gasteiger partial charge in [-0.25, -0.2) is 4.79 Å². The predicted octanol–water partition coefficient (Wildman–Crippen LogP) is 4.61. The van der Waals surface area contributed by atoms with Gasteiger partial charge in [-0.15, -0.1) is 0 Å². The molecule has 0 aliphatic heterocycles. The van der Waals surface area contributed by atoms with Crippen molar-refractivity contribution in [3.8, 4) is 5.75 Å². The van der Waals surface area contributed by atoms with Crippen LogP contribution in [-0.4, -0.2) is 36.0 Å². The van der Waals surface area contributed by atoms with Crippen molar-refractivity contribution in [2.24, 2.45) is 5.92 Å². The van der Waals surface area contributed by atoms with Crippen LogP contribution in [0.25, 0.3) is 0 Å². The molecular formula is C20H31NO4. The highest BCUT2D eigenvalue weighted by Crippen LogP contribution is 2.26. The lowest BCUT2D eigenvalue weighted by atomic mass is 9.98. The molecule has 1 unspecified atom stereocenters. The molecule has 0 radical (unpaired) electrons. The van der Waals surface area contributed by atoms with Gasteiger partial charge >= 0.3 is 6.09 Å². The summed E-state index contributed by atoms with van der Waals surface area (Å²) in [6.45, 7) is 11.7. The third-order valence-electron chi connectivity index (χ3n) is 3.86. The number of carbonyl (C=O) groups is 2. The Balaban J connectivity index is 3.09. The van der Waals surface area contributed by atoms with Crippen LogP contribution in [0.5, 0.6) is 5.75 Å². The molecule has 0 saturated heterocycles. The van der Waals surface area contributed by atoms with E-state index >= 15 is 0 Å². The largest absolute Gasteiger partial charge is 0.497 e. The Bertz CT molecular complexity index is 556. The van der Waals surface area contributed by atoms with Crippen LogP contribution >= 0.6 is 0 Å². The molecule has 1 aromatic rings. The fourth-order valence-electron chi connectivity index (χ4n) is 2.79. The summed E-state index contributed by atoms with van der Waals surface area (Å²) in [6, 6.07) is 7.05. The minimum atomic E-state index is -0.902. The number of Topliss-reactive ketones (excluding diaryl/α,β-unsaturated/α-hetero) is 1. The van der Waals surface area contributed by atoms with Gasteiger partial charge in [0.15, 0.2) is 11.9 Å². The number of hydrogen-bond donors (Lipinski definition) is 0. The van der Waals surface area contributed by atoms with Gasteiger partial charge in [-0.3, -0.25) is 4.79 Å². The Labute approximate surface area is 151 Å². The third-order valence-corrected chi connectivity index (χ3v) is 3.86. The van der Waals surface area contributed by atoms with Crippen LogP contribution in [0.15, 0.2) is 24.3 Å². The van der Waals surface area contributed by atoms with Gasteiger partial charge in [0.2, 0.25) is 0 Å². The van der Waals surface area contributed by atoms with Gasteiger partial charge in [0.25, 0.3) is 0 Å². The fraction of sp³-hybridized carbons (Fsp3) is 0.600. The van der Waals surface area contributed by atoms with Crippen molar-refractivity contribution in [3.05, 3.63) is 29.8 Å². The Kier molecular flexibility index (Phi) is 7.94. The molecule has 0 spiro atoms. The van der Waals surface area contributed by atoms with E-state index in [4.69, 9.17) is 9.47 Å². The maximum absolute atomic E-state index is 12.7. The van der Waals surface area contributed by atoms with Crippen LogP contribution in [0.1, 0.15) is 59.6 Å². The number of methoxy groups -OCH3 is 1. The molecule has 0 aromatic heterocycles. The van der Waals surface area contributed by atoms with Crippen LogP contribution in [0.4, 0.5) is 4.79 Å². The highest BCUT2D eigenvalue weighted by atomic mass is 16.6. The van der Waals surface area contributed by atoms with Crippen LogP contribution < -0.4 is 4.74 Å². The Morgan fingerprint density at radius 1 is 0.960 bits per heavy atom. The van der Waals surface area contributed by atoms with Gasteiger partial charge in [0.1, 0.15) is 5.75 Å². The van der Waals surface area contributed by atoms with Crippen LogP contribution in [0, 0.1) is 5.92 Å². The number of rotatable bonds is 8. The van der Waals surface area contributed by atoms with E-state index in [2.05, 4.69) is 0 Å². The molecule has 0 bridgehead atoms. The molecule has 1 atom stereocenters. The number of benzene rings is 1. The summed E-state index contributed by atoms with van der Waals surface area (Å²) >= 11 is 0. The molecule has 0 aliphatic rings. The molecule has 0 aliphatic carbocycles. The van der Waals surface area contributed by atoms with Gasteiger partial charge in [0, 0.05) is 24.1 Å². The number of amides is 1. The van der Waals surface area contributed by atoms with Crippen molar-refractivity contribution < 1.29 is 19.1 Å². The van der Waals surface area contributed by atoms with E-state index in [1.807, 2.05) is 41.5 Å². The van der Waals surface area contributed by atoms with Crippen LogP contribution in [0.3, 0.4) is 0 Å². The van der Waals surface area contributed by atoms with Crippen LogP contribution in [0.2, 0.25) is 0 Å². The Morgan fingerprint density at radius 2 is 1.48 bits per heavy atom. The summed E-state index contributed by atoms with van der Waals surface area (Å²) in [5.41, 5.74) is 0.660. The molecule has 25 heavy (non-hydrogen) atoms. The third kappa shape index (κ3) is 6.07. The molecule has 0 heterocycles. The lowest BCUT2D eigenvalue weighted by Gasteiger charge is -2.31. The lowest BCUT2D eigenvalue weighted by Crippen LogP contribution is -2.43. The van der Waals surface area contributed by atoms with Gasteiger partial charge in [0.05, 0.1) is 7.11 Å². The number of nitrogens with zero attached hydrogens (tertiary/aromatic N) is 1. The predicted molar refractivity (Wildman–Crippen MR) is 98.8 cm³/mol. The maximum Gasteiger partial charge on any atom is 0.411 e. The minimum Gasteiger partial charge on any atom is -0.497 e. The second kappa shape index (κ2) is 9.44. The van der Waals surface area contributed by atoms with Crippen molar-refractivity contribution in [2.45, 2.75) is 66.2 Å². The molecule has 1 amide bonds. The second-order valence-electron chi connectivity index (χ2n) is 7.20. The SMILES string of the molecule is COc1ccc(C(OC(=O)N(C(C)C)C(C)C)C(=O)CC(C)C)cc1. The molecule has 0 saturated carbocycles. The first-order valence-electron chi connectivity index (χ1n) is 8.83. The zero-order valence-corrected chi connectivity index (χ0v) is 16.4. The molecule has 5 heteroatoms. The fourth-order valence-corrected chi connectivity index (χ4v) is 2.79. The molecule has 1 aromatic carbocycles.